The normalized spacial score (nSPS) is 18.1. The standard InChI is InChI=1S/C25H34ClN5O4/c1-5-31-21(13-20(29-31)16(2)3)25(34)30-11-7-6-10-27-24(33)19-12-18(26)8-9-22(19)35-15-17(4)28-23(32)14-30/h8-9,12-13,16-17H,5-7,10-11,14-15H2,1-4H3,(H,27,33)(H,28,32)/t17-/m0/s1. The summed E-state index contributed by atoms with van der Waals surface area (Å²) in [5.41, 5.74) is 1.65. The average molecular weight is 504 g/mol. The van der Waals surface area contributed by atoms with E-state index in [1.807, 2.05) is 26.8 Å². The fraction of sp³-hybridized carbons (Fsp3) is 0.520. The van der Waals surface area contributed by atoms with Crippen LogP contribution in [0.4, 0.5) is 0 Å². The number of nitrogens with one attached hydrogen (secondary N) is 2. The van der Waals surface area contributed by atoms with Crippen LogP contribution in [0.3, 0.4) is 0 Å². The van der Waals surface area contributed by atoms with Crippen LogP contribution in [0, 0.1) is 0 Å². The summed E-state index contributed by atoms with van der Waals surface area (Å²) in [6, 6.07) is 6.33. The second-order valence-corrected chi connectivity index (χ2v) is 9.47. The van der Waals surface area contributed by atoms with Crippen LogP contribution >= 0.6 is 11.6 Å². The first-order valence-corrected chi connectivity index (χ1v) is 12.4. The molecule has 3 amide bonds. The number of rotatable bonds is 3. The van der Waals surface area contributed by atoms with Crippen LogP contribution in [0.25, 0.3) is 0 Å². The van der Waals surface area contributed by atoms with Crippen molar-refractivity contribution in [2.24, 2.45) is 0 Å². The molecule has 0 saturated heterocycles. The molecule has 2 aromatic rings. The van der Waals surface area contributed by atoms with Gasteiger partial charge in [0.1, 0.15) is 18.1 Å². The SMILES string of the molecule is CCn1nc(C(C)C)cc1C(=O)N1CCCCNC(=O)c2cc(Cl)ccc2OC[C@H](C)NC(=O)C1. The molecule has 0 radical (unpaired) electrons. The van der Waals surface area contributed by atoms with E-state index in [4.69, 9.17) is 16.3 Å². The average Bonchev–Trinajstić information content (AvgIpc) is 3.26. The number of carbonyl (C=O) groups is 3. The molecule has 0 fully saturated rings. The minimum Gasteiger partial charge on any atom is -0.491 e. The van der Waals surface area contributed by atoms with E-state index in [1.165, 1.54) is 0 Å². The third-order valence-electron chi connectivity index (χ3n) is 5.75. The zero-order chi connectivity index (χ0) is 25.5. The fourth-order valence-corrected chi connectivity index (χ4v) is 4.00. The van der Waals surface area contributed by atoms with Gasteiger partial charge in [0, 0.05) is 24.7 Å². The minimum absolute atomic E-state index is 0.0758. The number of amides is 3. The van der Waals surface area contributed by atoms with Crippen molar-refractivity contribution in [1.29, 1.82) is 0 Å². The molecule has 10 heteroatoms. The summed E-state index contributed by atoms with van der Waals surface area (Å²) in [7, 11) is 0. The van der Waals surface area contributed by atoms with Crippen molar-refractivity contribution >= 4 is 29.3 Å². The number of hydrogen-bond donors (Lipinski definition) is 2. The first-order valence-electron chi connectivity index (χ1n) is 12.1. The molecule has 190 valence electrons. The molecule has 2 heterocycles. The van der Waals surface area contributed by atoms with Crippen molar-refractivity contribution in [2.45, 2.75) is 59.0 Å². The maximum atomic E-state index is 13.4. The van der Waals surface area contributed by atoms with Crippen molar-refractivity contribution < 1.29 is 19.1 Å². The lowest BCUT2D eigenvalue weighted by Crippen LogP contribution is -2.45. The topological polar surface area (TPSA) is 106 Å². The van der Waals surface area contributed by atoms with E-state index in [0.29, 0.717) is 54.5 Å². The van der Waals surface area contributed by atoms with E-state index in [2.05, 4.69) is 15.7 Å². The Balaban J connectivity index is 1.79. The van der Waals surface area contributed by atoms with Gasteiger partial charge in [0.25, 0.3) is 11.8 Å². The summed E-state index contributed by atoms with van der Waals surface area (Å²) < 4.78 is 7.51. The lowest BCUT2D eigenvalue weighted by atomic mass is 10.1. The van der Waals surface area contributed by atoms with Crippen LogP contribution < -0.4 is 15.4 Å². The Bertz CT molecular complexity index is 1070. The summed E-state index contributed by atoms with van der Waals surface area (Å²) in [4.78, 5) is 40.5. The zero-order valence-corrected chi connectivity index (χ0v) is 21.5. The number of nitrogens with zero attached hydrogens (tertiary/aromatic N) is 3. The Morgan fingerprint density at radius 2 is 2.03 bits per heavy atom. The third kappa shape index (κ3) is 6.97. The predicted molar refractivity (Wildman–Crippen MR) is 134 cm³/mol. The highest BCUT2D eigenvalue weighted by Gasteiger charge is 2.24. The zero-order valence-electron chi connectivity index (χ0n) is 20.8. The molecular weight excluding hydrogens is 470 g/mol. The quantitative estimate of drug-likeness (QED) is 0.669. The van der Waals surface area contributed by atoms with E-state index in [9.17, 15) is 14.4 Å². The molecule has 1 aliphatic heterocycles. The monoisotopic (exact) mass is 503 g/mol. The van der Waals surface area contributed by atoms with Crippen molar-refractivity contribution in [2.75, 3.05) is 26.2 Å². The van der Waals surface area contributed by atoms with Gasteiger partial charge >= 0.3 is 0 Å². The summed E-state index contributed by atoms with van der Waals surface area (Å²) in [5.74, 6) is -0.213. The molecular formula is C25H34ClN5O4. The van der Waals surface area contributed by atoms with Crippen molar-refractivity contribution in [3.8, 4) is 5.75 Å². The number of aryl methyl sites for hydroxylation is 1. The molecule has 0 unspecified atom stereocenters. The van der Waals surface area contributed by atoms with Crippen LogP contribution in [0.2, 0.25) is 5.02 Å². The lowest BCUT2D eigenvalue weighted by molar-refractivity contribution is -0.122. The van der Waals surface area contributed by atoms with E-state index in [0.717, 1.165) is 5.69 Å². The Labute approximate surface area is 211 Å². The van der Waals surface area contributed by atoms with Gasteiger partial charge in [-0.2, -0.15) is 5.10 Å². The van der Waals surface area contributed by atoms with Gasteiger partial charge in [-0.15, -0.1) is 0 Å². The Hall–Kier alpha value is -3.07. The van der Waals surface area contributed by atoms with Crippen LogP contribution in [-0.2, 0) is 11.3 Å². The number of carbonyl (C=O) groups excluding carboxylic acids is 3. The first-order chi connectivity index (χ1) is 16.7. The molecule has 35 heavy (non-hydrogen) atoms. The lowest BCUT2D eigenvalue weighted by Gasteiger charge is -2.23. The van der Waals surface area contributed by atoms with E-state index in [-0.39, 0.29) is 42.8 Å². The molecule has 2 N–H and O–H groups in total. The second kappa shape index (κ2) is 12.1. The predicted octanol–water partition coefficient (Wildman–Crippen LogP) is 3.23. The molecule has 0 aliphatic carbocycles. The van der Waals surface area contributed by atoms with Crippen LogP contribution in [0.5, 0.6) is 5.75 Å². The molecule has 0 spiro atoms. The van der Waals surface area contributed by atoms with E-state index in [1.54, 1.807) is 34.7 Å². The second-order valence-electron chi connectivity index (χ2n) is 9.03. The van der Waals surface area contributed by atoms with Gasteiger partial charge < -0.3 is 20.3 Å². The highest BCUT2D eigenvalue weighted by atomic mass is 35.5. The molecule has 9 nitrogen and oxygen atoms in total. The van der Waals surface area contributed by atoms with E-state index < -0.39 is 0 Å². The van der Waals surface area contributed by atoms with E-state index >= 15 is 0 Å². The van der Waals surface area contributed by atoms with Gasteiger partial charge in [-0.1, -0.05) is 25.4 Å². The minimum atomic E-state index is -0.343. The molecule has 0 saturated carbocycles. The number of ether oxygens (including phenoxy) is 1. The van der Waals surface area contributed by atoms with Crippen molar-refractivity contribution in [1.82, 2.24) is 25.3 Å². The number of hydrogen-bond acceptors (Lipinski definition) is 5. The smallest absolute Gasteiger partial charge is 0.272 e. The van der Waals surface area contributed by atoms with Gasteiger partial charge in [-0.25, -0.2) is 0 Å². The largest absolute Gasteiger partial charge is 0.491 e. The van der Waals surface area contributed by atoms with Crippen molar-refractivity contribution in [3.05, 3.63) is 46.2 Å². The molecule has 0 bridgehead atoms. The van der Waals surface area contributed by atoms with Gasteiger partial charge in [-0.3, -0.25) is 19.1 Å². The number of benzene rings is 1. The van der Waals surface area contributed by atoms with Crippen molar-refractivity contribution in [3.63, 3.8) is 0 Å². The third-order valence-corrected chi connectivity index (χ3v) is 5.99. The Kier molecular flexibility index (Phi) is 9.14. The van der Waals surface area contributed by atoms with Crippen LogP contribution in [-0.4, -0.2) is 64.7 Å². The highest BCUT2D eigenvalue weighted by Crippen LogP contribution is 2.23. The molecule has 1 aromatic carbocycles. The summed E-state index contributed by atoms with van der Waals surface area (Å²) >= 11 is 6.08. The Morgan fingerprint density at radius 3 is 2.74 bits per heavy atom. The Morgan fingerprint density at radius 1 is 1.26 bits per heavy atom. The summed E-state index contributed by atoms with van der Waals surface area (Å²) in [5, 5.41) is 10.7. The number of fused-ring (bicyclic) bond motifs is 1. The fourth-order valence-electron chi connectivity index (χ4n) is 3.83. The van der Waals surface area contributed by atoms with Gasteiger partial charge in [0.2, 0.25) is 5.91 Å². The molecule has 1 atom stereocenters. The van der Waals surface area contributed by atoms with Gasteiger partial charge in [-0.05, 0) is 56.9 Å². The number of aromatic nitrogens is 2. The summed E-state index contributed by atoms with van der Waals surface area (Å²) in [6.45, 7) is 9.22. The van der Waals surface area contributed by atoms with Crippen LogP contribution in [0.1, 0.15) is 73.0 Å². The summed E-state index contributed by atoms with van der Waals surface area (Å²) in [6.07, 6.45) is 1.25. The van der Waals surface area contributed by atoms with Crippen LogP contribution in [0.15, 0.2) is 24.3 Å². The highest BCUT2D eigenvalue weighted by molar-refractivity contribution is 6.31. The maximum Gasteiger partial charge on any atom is 0.272 e. The molecule has 3 rings (SSSR count). The van der Waals surface area contributed by atoms with Gasteiger partial charge in [0.05, 0.1) is 23.8 Å². The number of halogens is 1. The first kappa shape index (κ1) is 26.5. The maximum absolute atomic E-state index is 13.4. The molecule has 1 aliphatic rings. The van der Waals surface area contributed by atoms with Gasteiger partial charge in [0.15, 0.2) is 0 Å². The molecule has 1 aromatic heterocycles.